The molecule has 2 spiro atoms. The standard InChI is InChI=1S/C48H77N7O8S/c1-8-33-29-48(33,42(60)52-64(61,62)53-24-14-15-25-53)51-39(57)35-30-47(43(4,5)46(47)20-16-21-46)31-55(35)41(59)37(45(7)22-27-63-28-23-45)50-40(58)36(44(6)18-11-9-12-19-44)49-38(56)34-17-10-13-26-54(34)32(2)3/h8,32-37H,1,9-31H2,2-7H3,(H,49,56)(H,50,58)(H,51,57)(H,52,60)/t33-,34+,35+,36-,37-,47-,48-/m1/s1. The summed E-state index contributed by atoms with van der Waals surface area (Å²) in [5, 5.41) is 9.59. The number of rotatable bonds is 14. The van der Waals surface area contributed by atoms with Crippen molar-refractivity contribution >= 4 is 39.7 Å². The second-order valence-corrected chi connectivity index (χ2v) is 24.3. The van der Waals surface area contributed by atoms with Gasteiger partial charge in [0, 0.05) is 55.6 Å². The largest absolute Gasteiger partial charge is 0.381 e. The molecule has 4 aliphatic heterocycles. The second-order valence-electron chi connectivity index (χ2n) is 22.6. The zero-order valence-corrected chi connectivity index (χ0v) is 40.3. The summed E-state index contributed by atoms with van der Waals surface area (Å²) in [7, 11) is -4.13. The summed E-state index contributed by atoms with van der Waals surface area (Å²) in [6.07, 6.45) is 14.8. The van der Waals surface area contributed by atoms with E-state index in [1.54, 1.807) is 11.0 Å². The van der Waals surface area contributed by atoms with Gasteiger partial charge in [-0.1, -0.05) is 65.9 Å². The molecule has 8 aliphatic rings. The van der Waals surface area contributed by atoms with Crippen LogP contribution in [0.25, 0.3) is 0 Å². The Morgan fingerprint density at radius 1 is 0.719 bits per heavy atom. The highest BCUT2D eigenvalue weighted by Gasteiger charge is 2.85. The number of piperidine rings is 1. The maximum absolute atomic E-state index is 15.8. The topological polar surface area (TPSA) is 187 Å². The maximum Gasteiger partial charge on any atom is 0.303 e. The molecule has 0 aromatic rings. The monoisotopic (exact) mass is 912 g/mol. The lowest BCUT2D eigenvalue weighted by atomic mass is 9.69. The molecule has 15 nitrogen and oxygen atoms in total. The van der Waals surface area contributed by atoms with E-state index in [1.807, 2.05) is 6.92 Å². The summed E-state index contributed by atoms with van der Waals surface area (Å²) < 4.78 is 35.9. The van der Waals surface area contributed by atoms with Gasteiger partial charge in [0.25, 0.3) is 5.91 Å². The van der Waals surface area contributed by atoms with E-state index in [9.17, 15) is 18.0 Å². The normalized spacial score (nSPS) is 33.7. The molecule has 0 aromatic heterocycles. The van der Waals surface area contributed by atoms with Crippen molar-refractivity contribution in [2.45, 2.75) is 186 Å². The van der Waals surface area contributed by atoms with Crippen molar-refractivity contribution in [3.05, 3.63) is 12.7 Å². The Morgan fingerprint density at radius 2 is 1.36 bits per heavy atom. The van der Waals surface area contributed by atoms with Crippen LogP contribution in [0.3, 0.4) is 0 Å². The van der Waals surface area contributed by atoms with Crippen LogP contribution in [0.2, 0.25) is 0 Å². The van der Waals surface area contributed by atoms with Gasteiger partial charge >= 0.3 is 10.2 Å². The minimum absolute atomic E-state index is 0.0368. The number of carbonyl (C=O) groups is 5. The smallest absolute Gasteiger partial charge is 0.303 e. The Hall–Kier alpha value is -3.08. The van der Waals surface area contributed by atoms with Gasteiger partial charge in [-0.15, -0.1) is 6.58 Å². The SMILES string of the molecule is C=C[C@@H]1C[C@]1(NC(=O)[C@@H]1C[C@@]2(CN1C(=O)[C@@H](NC(=O)[C@@H](NC(=O)[C@@H]1CCCCN1C(C)C)C1(C)CCCCC1)C1(C)CCOCC1)C(C)(C)C21CCC1)C(=O)NS(=O)(=O)N1CCCC1. The third-order valence-electron chi connectivity index (χ3n) is 18.7. The summed E-state index contributed by atoms with van der Waals surface area (Å²) in [4.78, 5) is 78.3. The lowest BCUT2D eigenvalue weighted by Gasteiger charge is -2.45. The lowest BCUT2D eigenvalue weighted by Crippen LogP contribution is -2.65. The Bertz CT molecular complexity index is 1970. The third-order valence-corrected chi connectivity index (χ3v) is 20.2. The molecule has 5 amide bonds. The van der Waals surface area contributed by atoms with E-state index in [4.69, 9.17) is 4.74 Å². The van der Waals surface area contributed by atoms with Crippen LogP contribution in [-0.4, -0.2) is 127 Å². The molecule has 0 unspecified atom stereocenters. The number of likely N-dealkylation sites (tertiary alicyclic amines) is 2. The number of hydrogen-bond acceptors (Lipinski definition) is 9. The van der Waals surface area contributed by atoms with Gasteiger partial charge in [0.15, 0.2) is 0 Å². The van der Waals surface area contributed by atoms with E-state index in [2.05, 4.69) is 66.8 Å². The van der Waals surface area contributed by atoms with Crippen molar-refractivity contribution in [3.63, 3.8) is 0 Å². The molecule has 4 saturated carbocycles. The van der Waals surface area contributed by atoms with Gasteiger partial charge in [-0.05, 0) is 114 Å². The Labute approximate surface area is 381 Å². The molecule has 7 atom stereocenters. The first kappa shape index (κ1) is 47.4. The molecular formula is C48H77N7O8S. The van der Waals surface area contributed by atoms with E-state index in [0.29, 0.717) is 65.0 Å². The molecule has 8 fully saturated rings. The fourth-order valence-electron chi connectivity index (χ4n) is 14.0. The van der Waals surface area contributed by atoms with Crippen LogP contribution in [0.1, 0.15) is 151 Å². The fraction of sp³-hybridized carbons (Fsp3) is 0.854. The molecule has 0 radical (unpaired) electrons. The lowest BCUT2D eigenvalue weighted by molar-refractivity contribution is -0.148. The first-order valence-electron chi connectivity index (χ1n) is 24.7. The molecule has 16 heteroatoms. The zero-order valence-electron chi connectivity index (χ0n) is 39.5. The molecule has 0 aromatic carbocycles. The van der Waals surface area contributed by atoms with Crippen molar-refractivity contribution in [1.29, 1.82) is 0 Å². The molecule has 358 valence electrons. The number of hydrogen-bond donors (Lipinski definition) is 4. The second kappa shape index (κ2) is 17.2. The van der Waals surface area contributed by atoms with Crippen molar-refractivity contribution in [2.24, 2.45) is 33.0 Å². The van der Waals surface area contributed by atoms with Crippen LogP contribution in [0.15, 0.2) is 12.7 Å². The van der Waals surface area contributed by atoms with Gasteiger partial charge in [0.2, 0.25) is 23.6 Å². The van der Waals surface area contributed by atoms with E-state index in [1.165, 1.54) is 4.31 Å². The molecule has 4 aliphatic carbocycles. The van der Waals surface area contributed by atoms with Crippen LogP contribution in [0.4, 0.5) is 0 Å². The maximum atomic E-state index is 15.8. The van der Waals surface area contributed by atoms with Crippen molar-refractivity contribution < 1.29 is 37.1 Å². The van der Waals surface area contributed by atoms with Crippen LogP contribution in [-0.2, 0) is 38.9 Å². The highest BCUT2D eigenvalue weighted by Crippen LogP contribution is 2.88. The van der Waals surface area contributed by atoms with E-state index in [0.717, 1.165) is 77.2 Å². The van der Waals surface area contributed by atoms with Gasteiger partial charge in [-0.2, -0.15) is 12.7 Å². The van der Waals surface area contributed by atoms with Crippen molar-refractivity contribution in [2.75, 3.05) is 39.4 Å². The quantitative estimate of drug-likeness (QED) is 0.184. The Balaban J connectivity index is 1.11. The predicted molar refractivity (Wildman–Crippen MR) is 242 cm³/mol. The number of amides is 5. The average Bonchev–Trinajstić information content (AvgIpc) is 3.70. The molecular weight excluding hydrogens is 835 g/mol. The van der Waals surface area contributed by atoms with E-state index >= 15 is 14.4 Å². The van der Waals surface area contributed by atoms with Gasteiger partial charge in [-0.25, -0.2) is 4.72 Å². The van der Waals surface area contributed by atoms with Crippen LogP contribution in [0, 0.1) is 33.0 Å². The van der Waals surface area contributed by atoms with Gasteiger partial charge in [0.1, 0.15) is 23.7 Å². The molecule has 0 bridgehead atoms. The summed E-state index contributed by atoms with van der Waals surface area (Å²) >= 11 is 0. The molecule has 4 heterocycles. The highest BCUT2D eigenvalue weighted by molar-refractivity contribution is 7.87. The zero-order chi connectivity index (χ0) is 46.1. The summed E-state index contributed by atoms with van der Waals surface area (Å²) in [5.41, 5.74) is -3.35. The third kappa shape index (κ3) is 7.83. The van der Waals surface area contributed by atoms with Gasteiger partial charge < -0.3 is 25.6 Å². The minimum atomic E-state index is -4.13. The van der Waals surface area contributed by atoms with Crippen molar-refractivity contribution in [1.82, 2.24) is 34.8 Å². The van der Waals surface area contributed by atoms with Gasteiger partial charge in [-0.3, -0.25) is 28.9 Å². The Kier molecular flexibility index (Phi) is 12.8. The Morgan fingerprint density at radius 3 is 1.94 bits per heavy atom. The van der Waals surface area contributed by atoms with Gasteiger partial charge in [0.05, 0.1) is 6.04 Å². The van der Waals surface area contributed by atoms with Crippen LogP contribution < -0.4 is 20.7 Å². The number of ether oxygens (including phenoxy) is 1. The minimum Gasteiger partial charge on any atom is -0.381 e. The number of nitrogens with one attached hydrogen (secondary N) is 4. The van der Waals surface area contributed by atoms with Crippen LogP contribution >= 0.6 is 0 Å². The van der Waals surface area contributed by atoms with Crippen LogP contribution in [0.5, 0.6) is 0 Å². The summed E-state index contributed by atoms with van der Waals surface area (Å²) in [5.74, 6) is -2.69. The molecule has 64 heavy (non-hydrogen) atoms. The summed E-state index contributed by atoms with van der Waals surface area (Å²) in [6, 6.07) is -3.06. The van der Waals surface area contributed by atoms with Crippen molar-refractivity contribution in [3.8, 4) is 0 Å². The fourth-order valence-corrected chi connectivity index (χ4v) is 15.2. The average molecular weight is 912 g/mol. The van der Waals surface area contributed by atoms with E-state index in [-0.39, 0.29) is 52.5 Å². The number of nitrogens with zero attached hydrogens (tertiary/aromatic N) is 3. The number of fused-ring (bicyclic) bond motifs is 1. The predicted octanol–water partition coefficient (Wildman–Crippen LogP) is 4.32. The summed E-state index contributed by atoms with van der Waals surface area (Å²) in [6.45, 7) is 19.3. The van der Waals surface area contributed by atoms with E-state index < -0.39 is 62.4 Å². The first-order valence-corrected chi connectivity index (χ1v) is 26.2. The molecule has 4 N–H and O–H groups in total. The molecule has 4 saturated heterocycles. The molecule has 8 rings (SSSR count). The highest BCUT2D eigenvalue weighted by atomic mass is 32.2. The first-order chi connectivity index (χ1) is 30.2. The number of carbonyl (C=O) groups excluding carboxylic acids is 5.